The van der Waals surface area contributed by atoms with Gasteiger partial charge in [-0.25, -0.2) is 13.6 Å². The molecule has 3 amide bonds. The van der Waals surface area contributed by atoms with Crippen LogP contribution in [0, 0.1) is 17.6 Å². The second kappa shape index (κ2) is 6.14. The van der Waals surface area contributed by atoms with E-state index in [2.05, 4.69) is 5.32 Å². The summed E-state index contributed by atoms with van der Waals surface area (Å²) in [6.07, 6.45) is 4.40. The van der Waals surface area contributed by atoms with Crippen molar-refractivity contribution in [3.8, 4) is 0 Å². The molecule has 124 valence electrons. The van der Waals surface area contributed by atoms with Crippen molar-refractivity contribution in [2.24, 2.45) is 11.7 Å². The van der Waals surface area contributed by atoms with E-state index in [-0.39, 0.29) is 17.6 Å². The summed E-state index contributed by atoms with van der Waals surface area (Å²) >= 11 is 0. The second-order valence-electron chi connectivity index (χ2n) is 6.23. The number of halogens is 2. The van der Waals surface area contributed by atoms with Crippen molar-refractivity contribution in [3.05, 3.63) is 29.8 Å². The highest BCUT2D eigenvalue weighted by Gasteiger charge is 2.46. The van der Waals surface area contributed by atoms with E-state index in [9.17, 15) is 18.4 Å². The first-order valence-electron chi connectivity index (χ1n) is 7.81. The van der Waals surface area contributed by atoms with E-state index in [0.717, 1.165) is 37.8 Å². The topological polar surface area (TPSA) is 75.4 Å². The second-order valence-corrected chi connectivity index (χ2v) is 6.23. The van der Waals surface area contributed by atoms with Crippen molar-refractivity contribution in [3.63, 3.8) is 0 Å². The lowest BCUT2D eigenvalue weighted by Crippen LogP contribution is -2.50. The number of primary amides is 1. The van der Waals surface area contributed by atoms with Crippen LogP contribution in [0.3, 0.4) is 0 Å². The number of hydrogen-bond donors (Lipinski definition) is 2. The number of amides is 3. The number of carbonyl (C=O) groups is 2. The molecule has 1 aliphatic heterocycles. The van der Waals surface area contributed by atoms with Crippen LogP contribution in [0.1, 0.15) is 32.1 Å². The number of nitrogens with zero attached hydrogens (tertiary/aromatic N) is 1. The first-order valence-corrected chi connectivity index (χ1v) is 7.81. The highest BCUT2D eigenvalue weighted by molar-refractivity contribution is 5.94. The van der Waals surface area contributed by atoms with Crippen molar-refractivity contribution in [2.45, 2.75) is 44.2 Å². The van der Waals surface area contributed by atoms with Gasteiger partial charge in [0.15, 0.2) is 0 Å². The summed E-state index contributed by atoms with van der Waals surface area (Å²) in [5.74, 6) is -1.86. The van der Waals surface area contributed by atoms with Crippen molar-refractivity contribution in [1.29, 1.82) is 0 Å². The summed E-state index contributed by atoms with van der Waals surface area (Å²) in [5, 5.41) is 2.43. The summed E-state index contributed by atoms with van der Waals surface area (Å²) < 4.78 is 26.7. The molecule has 5 nitrogen and oxygen atoms in total. The zero-order valence-corrected chi connectivity index (χ0v) is 12.6. The summed E-state index contributed by atoms with van der Waals surface area (Å²) in [6.45, 7) is 0. The molecule has 0 spiro atoms. The zero-order valence-electron chi connectivity index (χ0n) is 12.6. The van der Waals surface area contributed by atoms with E-state index in [4.69, 9.17) is 5.73 Å². The molecule has 1 saturated heterocycles. The molecule has 1 aromatic rings. The average molecular weight is 323 g/mol. The molecule has 0 aromatic heterocycles. The summed E-state index contributed by atoms with van der Waals surface area (Å²) in [5.41, 5.74) is 5.33. The van der Waals surface area contributed by atoms with Crippen LogP contribution >= 0.6 is 0 Å². The molecule has 2 fully saturated rings. The normalized spacial score (nSPS) is 26.7. The van der Waals surface area contributed by atoms with Crippen molar-refractivity contribution in [1.82, 2.24) is 4.90 Å². The van der Waals surface area contributed by atoms with Gasteiger partial charge in [-0.3, -0.25) is 4.79 Å². The van der Waals surface area contributed by atoms with Crippen molar-refractivity contribution in [2.75, 3.05) is 5.32 Å². The van der Waals surface area contributed by atoms with Gasteiger partial charge < -0.3 is 16.0 Å². The molecule has 23 heavy (non-hydrogen) atoms. The number of benzene rings is 1. The lowest BCUT2D eigenvalue weighted by atomic mass is 9.85. The Morgan fingerprint density at radius 2 is 1.96 bits per heavy atom. The third-order valence-corrected chi connectivity index (χ3v) is 4.82. The maximum absolute atomic E-state index is 13.7. The van der Waals surface area contributed by atoms with Crippen molar-refractivity contribution >= 4 is 17.6 Å². The molecule has 2 aliphatic rings. The Morgan fingerprint density at radius 3 is 2.65 bits per heavy atom. The predicted octanol–water partition coefficient (Wildman–Crippen LogP) is 2.62. The fourth-order valence-corrected chi connectivity index (χ4v) is 3.78. The molecular weight excluding hydrogens is 304 g/mol. The van der Waals surface area contributed by atoms with Gasteiger partial charge in [0.25, 0.3) is 0 Å². The van der Waals surface area contributed by atoms with Crippen LogP contribution in [-0.4, -0.2) is 28.9 Å². The van der Waals surface area contributed by atoms with E-state index in [1.807, 2.05) is 0 Å². The van der Waals surface area contributed by atoms with Crippen LogP contribution in [0.5, 0.6) is 0 Å². The van der Waals surface area contributed by atoms with Gasteiger partial charge in [-0.1, -0.05) is 12.8 Å². The number of nitrogens with one attached hydrogen (secondary N) is 1. The number of carbonyl (C=O) groups excluding carboxylic acids is 2. The Kier molecular flexibility index (Phi) is 4.19. The van der Waals surface area contributed by atoms with Gasteiger partial charge in [-0.15, -0.1) is 0 Å². The minimum atomic E-state index is -0.853. The molecule has 1 aromatic carbocycles. The van der Waals surface area contributed by atoms with E-state index in [1.54, 1.807) is 0 Å². The summed E-state index contributed by atoms with van der Waals surface area (Å²) in [4.78, 5) is 25.7. The Morgan fingerprint density at radius 1 is 1.22 bits per heavy atom. The number of likely N-dealkylation sites (tertiary alicyclic amines) is 1. The Hall–Kier alpha value is -2.18. The van der Waals surface area contributed by atoms with Crippen LogP contribution < -0.4 is 11.1 Å². The number of fused-ring (bicyclic) bond motifs is 1. The molecule has 7 heteroatoms. The van der Waals surface area contributed by atoms with Gasteiger partial charge in [-0.2, -0.15) is 0 Å². The lowest BCUT2D eigenvalue weighted by Gasteiger charge is -2.33. The van der Waals surface area contributed by atoms with Gasteiger partial charge in [0.2, 0.25) is 5.91 Å². The van der Waals surface area contributed by atoms with Crippen LogP contribution in [-0.2, 0) is 4.79 Å². The molecule has 3 rings (SSSR count). The fraction of sp³-hybridized carbons (Fsp3) is 0.500. The molecule has 1 saturated carbocycles. The van der Waals surface area contributed by atoms with Crippen molar-refractivity contribution < 1.29 is 18.4 Å². The molecule has 0 radical (unpaired) electrons. The minimum absolute atomic E-state index is 0.0511. The van der Waals surface area contributed by atoms with Crippen LogP contribution in [0.15, 0.2) is 18.2 Å². The fourth-order valence-electron chi connectivity index (χ4n) is 3.78. The van der Waals surface area contributed by atoms with E-state index in [0.29, 0.717) is 12.5 Å². The number of nitrogens with two attached hydrogens (primary N) is 1. The maximum atomic E-state index is 13.7. The minimum Gasteiger partial charge on any atom is -0.368 e. The molecule has 0 unspecified atom stereocenters. The van der Waals surface area contributed by atoms with Gasteiger partial charge in [0, 0.05) is 12.1 Å². The van der Waals surface area contributed by atoms with Crippen LogP contribution in [0.4, 0.5) is 19.3 Å². The lowest BCUT2D eigenvalue weighted by molar-refractivity contribution is -0.121. The quantitative estimate of drug-likeness (QED) is 0.878. The highest BCUT2D eigenvalue weighted by Crippen LogP contribution is 2.40. The first-order chi connectivity index (χ1) is 11.0. The first kappa shape index (κ1) is 15.7. The number of anilines is 1. The van der Waals surface area contributed by atoms with Gasteiger partial charge >= 0.3 is 6.03 Å². The summed E-state index contributed by atoms with van der Waals surface area (Å²) in [7, 11) is 0. The predicted molar refractivity (Wildman–Crippen MR) is 80.6 cm³/mol. The summed E-state index contributed by atoms with van der Waals surface area (Å²) in [6, 6.07) is 1.65. The number of urea groups is 1. The monoisotopic (exact) mass is 323 g/mol. The number of rotatable bonds is 2. The maximum Gasteiger partial charge on any atom is 0.322 e. The molecule has 1 heterocycles. The highest BCUT2D eigenvalue weighted by atomic mass is 19.1. The third-order valence-electron chi connectivity index (χ3n) is 4.82. The standard InChI is InChI=1S/C16H19F2N3O2/c17-10-5-6-12(11(18)8-10)20-16(23)21-13-4-2-1-3-9(13)7-14(21)15(19)22/h5-6,8-9,13-14H,1-4,7H2,(H2,19,22)(H,20,23)/t9-,13-,14+/m1/s1. The molecule has 1 aliphatic carbocycles. The molecular formula is C16H19F2N3O2. The Labute approximate surface area is 132 Å². The third kappa shape index (κ3) is 3.00. The van der Waals surface area contributed by atoms with E-state index >= 15 is 0 Å². The van der Waals surface area contributed by atoms with Gasteiger partial charge in [0.1, 0.15) is 17.7 Å². The Bertz CT molecular complexity index is 638. The average Bonchev–Trinajstić information content (AvgIpc) is 2.90. The molecule has 3 atom stereocenters. The SMILES string of the molecule is NC(=O)[C@@H]1C[C@H]2CCCC[C@H]2N1C(=O)Nc1ccc(F)cc1F. The van der Waals surface area contributed by atoms with Crippen LogP contribution in [0.25, 0.3) is 0 Å². The zero-order chi connectivity index (χ0) is 16.6. The Balaban J connectivity index is 1.82. The molecule has 0 bridgehead atoms. The van der Waals surface area contributed by atoms with E-state index < -0.39 is 29.6 Å². The number of hydrogen-bond acceptors (Lipinski definition) is 2. The van der Waals surface area contributed by atoms with E-state index in [1.165, 1.54) is 4.90 Å². The smallest absolute Gasteiger partial charge is 0.322 e. The molecule has 3 N–H and O–H groups in total. The van der Waals surface area contributed by atoms with Crippen LogP contribution in [0.2, 0.25) is 0 Å². The van der Waals surface area contributed by atoms with Gasteiger partial charge in [-0.05, 0) is 37.3 Å². The van der Waals surface area contributed by atoms with Gasteiger partial charge in [0.05, 0.1) is 5.69 Å². The largest absolute Gasteiger partial charge is 0.368 e.